The van der Waals surface area contributed by atoms with Crippen LogP contribution in [0.15, 0.2) is 24.8 Å². The van der Waals surface area contributed by atoms with E-state index in [0.717, 1.165) is 8.19 Å². The summed E-state index contributed by atoms with van der Waals surface area (Å²) >= 11 is 0. The molecule has 0 aliphatic rings. The third-order valence-corrected chi connectivity index (χ3v) is 3.79. The van der Waals surface area contributed by atoms with Crippen molar-refractivity contribution in [1.29, 1.82) is 0 Å². The first-order valence-corrected chi connectivity index (χ1v) is 6.54. The predicted octanol–water partition coefficient (Wildman–Crippen LogP) is 5.46. The van der Waals surface area contributed by atoms with Crippen molar-refractivity contribution in [3.8, 4) is 0 Å². The summed E-state index contributed by atoms with van der Waals surface area (Å²) in [6.07, 6.45) is 14.8. The quantitative estimate of drug-likeness (QED) is 0.644. The lowest BCUT2D eigenvalue weighted by atomic mass is 10.1. The van der Waals surface area contributed by atoms with E-state index in [1.165, 1.54) is 21.7 Å². The van der Waals surface area contributed by atoms with E-state index >= 15 is 0 Å². The number of allylic oxidation sites excluding steroid dienone is 3. The molecule has 0 N–H and O–H groups in total. The van der Waals surface area contributed by atoms with Gasteiger partial charge in [-0.2, -0.15) is 0 Å². The molecular formula is C15H19P. The molecule has 0 amide bonds. The monoisotopic (exact) mass is 230 g/mol. The number of rotatable bonds is 4. The first kappa shape index (κ1) is 12.8. The van der Waals surface area contributed by atoms with Gasteiger partial charge in [0.05, 0.1) is 0 Å². The molecule has 0 aromatic carbocycles. The average Bonchev–Trinajstić information content (AvgIpc) is 2.60. The van der Waals surface area contributed by atoms with Crippen molar-refractivity contribution < 1.29 is 0 Å². The van der Waals surface area contributed by atoms with Crippen LogP contribution in [0.5, 0.6) is 0 Å². The highest BCUT2D eigenvalue weighted by molar-refractivity contribution is 7.33. The Balaban J connectivity index is 3.46. The summed E-state index contributed by atoms with van der Waals surface area (Å²) in [5.74, 6) is 0. The van der Waals surface area contributed by atoms with Crippen molar-refractivity contribution in [2.24, 2.45) is 0 Å². The predicted molar refractivity (Wildman–Crippen MR) is 80.2 cm³/mol. The molecule has 0 saturated carbocycles. The number of hydrogen-bond donors (Lipinski definition) is 0. The maximum atomic E-state index is 3.90. The molecule has 1 atom stereocenters. The molecule has 0 bridgehead atoms. The van der Waals surface area contributed by atoms with E-state index in [1.54, 1.807) is 0 Å². The van der Waals surface area contributed by atoms with Gasteiger partial charge in [0, 0.05) is 0 Å². The van der Waals surface area contributed by atoms with Gasteiger partial charge in [-0.15, -0.1) is 8.19 Å². The minimum absolute atomic E-state index is 0.730. The highest BCUT2D eigenvalue weighted by Crippen LogP contribution is 2.36. The molecule has 0 aliphatic heterocycles. The first-order valence-electron chi connectivity index (χ1n) is 5.54. The van der Waals surface area contributed by atoms with Crippen LogP contribution < -0.4 is 0 Å². The summed E-state index contributed by atoms with van der Waals surface area (Å²) in [4.78, 5) is 0. The Bertz CT molecular complexity index is 442. The summed E-state index contributed by atoms with van der Waals surface area (Å²) in [6.45, 7) is 10.1. The van der Waals surface area contributed by atoms with Gasteiger partial charge >= 0.3 is 0 Å². The molecule has 0 spiro atoms. The van der Waals surface area contributed by atoms with Crippen LogP contribution in [0.3, 0.4) is 0 Å². The fraction of sp³-hybridized carbons (Fsp3) is 0.200. The van der Waals surface area contributed by atoms with Gasteiger partial charge in [0.15, 0.2) is 0 Å². The summed E-state index contributed by atoms with van der Waals surface area (Å²) in [6, 6.07) is 0. The van der Waals surface area contributed by atoms with Gasteiger partial charge in [-0.25, -0.2) is 0 Å². The maximum Gasteiger partial charge on any atom is -0.000943 e. The van der Waals surface area contributed by atoms with Gasteiger partial charge in [-0.3, -0.25) is 0 Å². The van der Waals surface area contributed by atoms with Gasteiger partial charge in [-0.05, 0) is 42.5 Å². The van der Waals surface area contributed by atoms with Crippen LogP contribution >= 0.6 is 8.19 Å². The third kappa shape index (κ3) is 2.65. The van der Waals surface area contributed by atoms with Crippen LogP contribution in [0.2, 0.25) is 0 Å². The first-order chi connectivity index (χ1) is 7.78. The topological polar surface area (TPSA) is 0 Å². The fourth-order valence-electron chi connectivity index (χ4n) is 1.72. The lowest BCUT2D eigenvalue weighted by molar-refractivity contribution is 1.67. The molecule has 84 valence electrons. The van der Waals surface area contributed by atoms with E-state index in [2.05, 4.69) is 63.8 Å². The Labute approximate surface area is 100 Å². The molecule has 0 radical (unpaired) electrons. The highest BCUT2D eigenvalue weighted by atomic mass is 31.0. The van der Waals surface area contributed by atoms with Crippen LogP contribution in [0, 0.1) is 0 Å². The molecule has 16 heavy (non-hydrogen) atoms. The standard InChI is InChI=1S/C15H19P/c1-5-9-12-13(10-6-2)15(11-7-3)16-14(12)8-4/h5-11,16H,4H2,1-3H3/b9-5-,10-6-,11-7-. The van der Waals surface area contributed by atoms with Gasteiger partial charge in [0.25, 0.3) is 0 Å². The van der Waals surface area contributed by atoms with Crippen LogP contribution in [-0.4, -0.2) is 0 Å². The zero-order chi connectivity index (χ0) is 12.0. The third-order valence-electron chi connectivity index (χ3n) is 2.34. The molecule has 0 fully saturated rings. The molecule has 1 unspecified atom stereocenters. The van der Waals surface area contributed by atoms with Crippen LogP contribution in [0.1, 0.15) is 42.5 Å². The van der Waals surface area contributed by atoms with Gasteiger partial charge in [0.1, 0.15) is 0 Å². The molecule has 1 heterocycles. The Kier molecular flexibility index (Phi) is 5.08. The minimum atomic E-state index is 0.730. The molecular weight excluding hydrogens is 211 g/mol. The van der Waals surface area contributed by atoms with E-state index in [0.29, 0.717) is 0 Å². The van der Waals surface area contributed by atoms with E-state index in [4.69, 9.17) is 0 Å². The second-order valence-electron chi connectivity index (χ2n) is 3.48. The average molecular weight is 230 g/mol. The molecule has 1 rings (SSSR count). The largest absolute Gasteiger partial charge is 0.123 e. The highest BCUT2D eigenvalue weighted by Gasteiger charge is 2.08. The lowest BCUT2D eigenvalue weighted by Crippen LogP contribution is -1.77. The molecule has 1 heteroatoms. The SMILES string of the molecule is C=Cc1[pH]c(/C=C\C)c(/C=C\C)c1/C=C\C. The lowest BCUT2D eigenvalue weighted by Gasteiger charge is -1.97. The summed E-state index contributed by atoms with van der Waals surface area (Å²) < 4.78 is 0. The molecule has 0 aliphatic carbocycles. The van der Waals surface area contributed by atoms with Crippen molar-refractivity contribution in [2.75, 3.05) is 0 Å². The Hall–Kier alpha value is -1.26. The van der Waals surface area contributed by atoms with Crippen LogP contribution in [-0.2, 0) is 0 Å². The van der Waals surface area contributed by atoms with E-state index in [1.807, 2.05) is 6.08 Å². The van der Waals surface area contributed by atoms with Crippen LogP contribution in [0.4, 0.5) is 0 Å². The van der Waals surface area contributed by atoms with Crippen molar-refractivity contribution >= 4 is 32.5 Å². The van der Waals surface area contributed by atoms with E-state index < -0.39 is 0 Å². The van der Waals surface area contributed by atoms with Crippen molar-refractivity contribution in [3.63, 3.8) is 0 Å². The zero-order valence-electron chi connectivity index (χ0n) is 10.2. The molecule has 1 aromatic heterocycles. The smallest absolute Gasteiger partial charge is 0.000943 e. The van der Waals surface area contributed by atoms with Crippen molar-refractivity contribution in [2.45, 2.75) is 20.8 Å². The van der Waals surface area contributed by atoms with Crippen LogP contribution in [0.25, 0.3) is 24.3 Å². The van der Waals surface area contributed by atoms with Gasteiger partial charge in [0.2, 0.25) is 0 Å². The molecule has 0 nitrogen and oxygen atoms in total. The second kappa shape index (κ2) is 6.35. The number of hydrogen-bond acceptors (Lipinski definition) is 0. The zero-order valence-corrected chi connectivity index (χ0v) is 11.2. The molecule has 0 saturated heterocycles. The van der Waals surface area contributed by atoms with E-state index in [-0.39, 0.29) is 0 Å². The minimum Gasteiger partial charge on any atom is -0.123 e. The summed E-state index contributed by atoms with van der Waals surface area (Å²) in [5.41, 5.74) is 2.66. The Morgan fingerprint density at radius 3 is 1.75 bits per heavy atom. The van der Waals surface area contributed by atoms with Gasteiger partial charge < -0.3 is 0 Å². The Morgan fingerprint density at radius 1 is 0.812 bits per heavy atom. The van der Waals surface area contributed by atoms with Crippen molar-refractivity contribution in [3.05, 3.63) is 46.5 Å². The normalized spacial score (nSPS) is 12.7. The summed E-state index contributed by atoms with van der Waals surface area (Å²) in [7, 11) is 0.730. The Morgan fingerprint density at radius 2 is 1.31 bits per heavy atom. The van der Waals surface area contributed by atoms with Gasteiger partial charge in [-0.1, -0.05) is 49.1 Å². The van der Waals surface area contributed by atoms with E-state index in [9.17, 15) is 0 Å². The fourth-order valence-corrected chi connectivity index (χ4v) is 3.07. The van der Waals surface area contributed by atoms with Crippen molar-refractivity contribution in [1.82, 2.24) is 0 Å². The maximum absolute atomic E-state index is 3.90. The molecule has 1 aromatic rings. The summed E-state index contributed by atoms with van der Waals surface area (Å²) in [5, 5.41) is 2.75. The second-order valence-corrected chi connectivity index (χ2v) is 4.81.